The minimum Gasteiger partial charge on any atom is -0.377 e. The molecule has 1 heterocycles. The lowest BCUT2D eigenvalue weighted by Crippen LogP contribution is -2.35. The highest BCUT2D eigenvalue weighted by atomic mass is 16.5. The van der Waals surface area contributed by atoms with Gasteiger partial charge in [0.1, 0.15) is 0 Å². The first kappa shape index (κ1) is 12.0. The van der Waals surface area contributed by atoms with Crippen LogP contribution in [0.4, 0.5) is 0 Å². The van der Waals surface area contributed by atoms with Gasteiger partial charge in [0.05, 0.1) is 6.10 Å². The van der Waals surface area contributed by atoms with Crippen LogP contribution in [-0.4, -0.2) is 25.3 Å². The summed E-state index contributed by atoms with van der Waals surface area (Å²) in [6, 6.07) is 0.717. The molecule has 0 saturated carbocycles. The lowest BCUT2D eigenvalue weighted by atomic mass is 10.1. The molecule has 1 atom stereocenters. The van der Waals surface area contributed by atoms with Crippen molar-refractivity contribution in [3.8, 4) is 0 Å². The molecule has 0 unspecified atom stereocenters. The predicted molar refractivity (Wildman–Crippen MR) is 60.6 cm³/mol. The summed E-state index contributed by atoms with van der Waals surface area (Å²) >= 11 is 0. The third-order valence-electron chi connectivity index (χ3n) is 2.93. The third-order valence-corrected chi connectivity index (χ3v) is 2.93. The van der Waals surface area contributed by atoms with E-state index in [-0.39, 0.29) is 0 Å². The molecule has 1 rings (SSSR count). The lowest BCUT2D eigenvalue weighted by Gasteiger charge is -2.19. The Labute approximate surface area is 88.4 Å². The monoisotopic (exact) mass is 199 g/mol. The van der Waals surface area contributed by atoms with Crippen LogP contribution in [0.3, 0.4) is 0 Å². The summed E-state index contributed by atoms with van der Waals surface area (Å²) < 4.78 is 5.60. The van der Waals surface area contributed by atoms with Gasteiger partial charge in [-0.05, 0) is 25.7 Å². The molecular weight excluding hydrogens is 174 g/mol. The van der Waals surface area contributed by atoms with Crippen LogP contribution in [0.5, 0.6) is 0 Å². The van der Waals surface area contributed by atoms with Gasteiger partial charge in [-0.15, -0.1) is 0 Å². The second-order valence-electron chi connectivity index (χ2n) is 4.32. The Morgan fingerprint density at radius 2 is 2.00 bits per heavy atom. The maximum Gasteiger partial charge on any atom is 0.0700 e. The van der Waals surface area contributed by atoms with Crippen molar-refractivity contribution < 1.29 is 4.74 Å². The average molecular weight is 199 g/mol. The first-order valence-corrected chi connectivity index (χ1v) is 6.21. The minimum absolute atomic E-state index is 0.492. The molecule has 0 aliphatic carbocycles. The molecular formula is C12H25NO. The van der Waals surface area contributed by atoms with Crippen LogP contribution < -0.4 is 5.32 Å². The summed E-state index contributed by atoms with van der Waals surface area (Å²) in [5.41, 5.74) is 0. The largest absolute Gasteiger partial charge is 0.377 e. The molecule has 1 aliphatic rings. The van der Waals surface area contributed by atoms with Gasteiger partial charge in [-0.2, -0.15) is 0 Å². The second kappa shape index (κ2) is 7.24. The highest BCUT2D eigenvalue weighted by Crippen LogP contribution is 2.12. The third kappa shape index (κ3) is 4.43. The highest BCUT2D eigenvalue weighted by molar-refractivity contribution is 4.72. The zero-order valence-electron chi connectivity index (χ0n) is 9.72. The van der Waals surface area contributed by atoms with Crippen molar-refractivity contribution in [2.75, 3.05) is 13.2 Å². The second-order valence-corrected chi connectivity index (χ2v) is 4.32. The van der Waals surface area contributed by atoms with E-state index in [0.717, 1.165) is 13.2 Å². The van der Waals surface area contributed by atoms with Crippen LogP contribution in [0.1, 0.15) is 52.4 Å². The lowest BCUT2D eigenvalue weighted by molar-refractivity contribution is 0.106. The Kier molecular flexibility index (Phi) is 6.20. The van der Waals surface area contributed by atoms with Crippen molar-refractivity contribution in [3.05, 3.63) is 0 Å². The molecule has 2 heteroatoms. The molecule has 0 bridgehead atoms. The molecule has 84 valence electrons. The Bertz CT molecular complexity index is 126. The van der Waals surface area contributed by atoms with Gasteiger partial charge in [0.15, 0.2) is 0 Å². The fraction of sp³-hybridized carbons (Fsp3) is 1.00. The van der Waals surface area contributed by atoms with Gasteiger partial charge in [-0.1, -0.05) is 26.7 Å². The number of nitrogens with one attached hydrogen (secondary N) is 1. The molecule has 1 saturated heterocycles. The number of rotatable bonds is 7. The Hall–Kier alpha value is -0.0800. The summed E-state index contributed by atoms with van der Waals surface area (Å²) in [5, 5.41) is 3.64. The highest BCUT2D eigenvalue weighted by Gasteiger charge is 2.16. The summed E-state index contributed by atoms with van der Waals surface area (Å²) in [6.07, 6.45) is 8.16. The average Bonchev–Trinajstić information content (AvgIpc) is 2.67. The fourth-order valence-electron chi connectivity index (χ4n) is 2.15. The van der Waals surface area contributed by atoms with Crippen LogP contribution >= 0.6 is 0 Å². The summed E-state index contributed by atoms with van der Waals surface area (Å²) in [6.45, 7) is 6.55. The molecule has 0 spiro atoms. The zero-order valence-corrected chi connectivity index (χ0v) is 9.72. The van der Waals surface area contributed by atoms with Crippen LogP contribution in [0.25, 0.3) is 0 Å². The molecule has 0 aromatic heterocycles. The number of ether oxygens (including phenoxy) is 1. The van der Waals surface area contributed by atoms with Gasteiger partial charge in [0.25, 0.3) is 0 Å². The van der Waals surface area contributed by atoms with Crippen LogP contribution in [0.2, 0.25) is 0 Å². The molecule has 1 aliphatic heterocycles. The van der Waals surface area contributed by atoms with E-state index in [9.17, 15) is 0 Å². The summed E-state index contributed by atoms with van der Waals surface area (Å²) in [4.78, 5) is 0. The van der Waals surface area contributed by atoms with E-state index < -0.39 is 0 Å². The van der Waals surface area contributed by atoms with E-state index >= 15 is 0 Å². The molecule has 2 nitrogen and oxygen atoms in total. The molecule has 0 radical (unpaired) electrons. The van der Waals surface area contributed by atoms with Crippen molar-refractivity contribution in [2.45, 2.75) is 64.5 Å². The Morgan fingerprint density at radius 1 is 1.29 bits per heavy atom. The maximum absolute atomic E-state index is 5.60. The van der Waals surface area contributed by atoms with Gasteiger partial charge in [-0.25, -0.2) is 0 Å². The SMILES string of the molecule is CCCC(CCC)NC[C@@H]1CCCO1. The molecule has 0 amide bonds. The van der Waals surface area contributed by atoms with E-state index in [4.69, 9.17) is 4.74 Å². The van der Waals surface area contributed by atoms with Crippen molar-refractivity contribution >= 4 is 0 Å². The Balaban J connectivity index is 2.10. The molecule has 0 aromatic carbocycles. The van der Waals surface area contributed by atoms with Crippen molar-refractivity contribution in [2.24, 2.45) is 0 Å². The normalized spacial score (nSPS) is 22.1. The smallest absolute Gasteiger partial charge is 0.0700 e. The van der Waals surface area contributed by atoms with Gasteiger partial charge in [-0.3, -0.25) is 0 Å². The van der Waals surface area contributed by atoms with E-state index in [1.54, 1.807) is 0 Å². The van der Waals surface area contributed by atoms with Gasteiger partial charge in [0, 0.05) is 19.2 Å². The molecule has 1 N–H and O–H groups in total. The van der Waals surface area contributed by atoms with Crippen LogP contribution in [0, 0.1) is 0 Å². The van der Waals surface area contributed by atoms with Crippen LogP contribution in [-0.2, 0) is 4.74 Å². The first-order chi connectivity index (χ1) is 6.86. The van der Waals surface area contributed by atoms with Crippen molar-refractivity contribution in [1.82, 2.24) is 5.32 Å². The standard InChI is InChI=1S/C12H25NO/c1-3-6-11(7-4-2)13-10-12-8-5-9-14-12/h11-13H,3-10H2,1-2H3/t12-/m0/s1. The summed E-state index contributed by atoms with van der Waals surface area (Å²) in [5.74, 6) is 0. The number of hydrogen-bond acceptors (Lipinski definition) is 2. The fourth-order valence-corrected chi connectivity index (χ4v) is 2.15. The van der Waals surface area contributed by atoms with Gasteiger partial charge in [0.2, 0.25) is 0 Å². The predicted octanol–water partition coefficient (Wildman–Crippen LogP) is 2.72. The van der Waals surface area contributed by atoms with Gasteiger partial charge >= 0.3 is 0 Å². The molecule has 1 fully saturated rings. The topological polar surface area (TPSA) is 21.3 Å². The zero-order chi connectivity index (χ0) is 10.2. The van der Waals surface area contributed by atoms with Crippen molar-refractivity contribution in [3.63, 3.8) is 0 Å². The molecule has 0 aromatic rings. The Morgan fingerprint density at radius 3 is 2.50 bits per heavy atom. The first-order valence-electron chi connectivity index (χ1n) is 6.21. The summed E-state index contributed by atoms with van der Waals surface area (Å²) in [7, 11) is 0. The van der Waals surface area contributed by atoms with Crippen LogP contribution in [0.15, 0.2) is 0 Å². The maximum atomic E-state index is 5.60. The van der Waals surface area contributed by atoms with E-state index in [2.05, 4.69) is 19.2 Å². The van der Waals surface area contributed by atoms with E-state index in [1.165, 1.54) is 38.5 Å². The minimum atomic E-state index is 0.492. The van der Waals surface area contributed by atoms with Gasteiger partial charge < -0.3 is 10.1 Å². The number of hydrogen-bond donors (Lipinski definition) is 1. The van der Waals surface area contributed by atoms with E-state index in [0.29, 0.717) is 12.1 Å². The van der Waals surface area contributed by atoms with Crippen molar-refractivity contribution in [1.29, 1.82) is 0 Å². The molecule has 14 heavy (non-hydrogen) atoms. The van der Waals surface area contributed by atoms with E-state index in [1.807, 2.05) is 0 Å². The quantitative estimate of drug-likeness (QED) is 0.680.